The van der Waals surface area contributed by atoms with Crippen LogP contribution in [0.2, 0.25) is 0 Å². The van der Waals surface area contributed by atoms with Gasteiger partial charge in [-0.2, -0.15) is 13.2 Å². The monoisotopic (exact) mass is 714 g/mol. The lowest BCUT2D eigenvalue weighted by atomic mass is 10.0. The van der Waals surface area contributed by atoms with Crippen molar-refractivity contribution in [3.63, 3.8) is 0 Å². The van der Waals surface area contributed by atoms with Gasteiger partial charge < -0.3 is 29.9 Å². The molecule has 1 unspecified atom stereocenters. The summed E-state index contributed by atoms with van der Waals surface area (Å²) in [5, 5.41) is 13.3. The zero-order valence-electron chi connectivity index (χ0n) is 29.0. The van der Waals surface area contributed by atoms with Crippen LogP contribution in [-0.4, -0.2) is 137 Å². The smallest absolute Gasteiger partial charge is 0.451 e. The van der Waals surface area contributed by atoms with Crippen LogP contribution in [0.5, 0.6) is 5.75 Å². The van der Waals surface area contributed by atoms with Crippen LogP contribution in [0.4, 0.5) is 28.4 Å². The molecule has 0 radical (unpaired) electrons. The van der Waals surface area contributed by atoms with Gasteiger partial charge in [-0.1, -0.05) is 30.3 Å². The first kappa shape index (κ1) is 36.4. The summed E-state index contributed by atoms with van der Waals surface area (Å²) in [6.45, 7) is 5.78. The van der Waals surface area contributed by atoms with Crippen LogP contribution >= 0.6 is 0 Å². The van der Waals surface area contributed by atoms with E-state index in [1.807, 2.05) is 34.1 Å². The molecule has 12 nitrogen and oxygen atoms in total. The van der Waals surface area contributed by atoms with E-state index in [0.717, 1.165) is 23.2 Å². The molecule has 4 amide bonds. The number of nitrogens with one attached hydrogen (secondary N) is 1. The number of hydrogen-bond donors (Lipinski definition) is 2. The second-order valence-corrected chi connectivity index (χ2v) is 14.1. The SMILES string of the molecule is Cc1cc(C[C@@H](OC(=O)N2CCC(N3CCc4ccccc4NC3=O)CC2)C(=O)N2CCC(N3CCN(CC(=O)C(F)(F)F)C3)C2)cc(C)c1O. The Labute approximate surface area is 295 Å². The fourth-order valence-corrected chi connectivity index (χ4v) is 7.68. The molecule has 6 rings (SSSR count). The van der Waals surface area contributed by atoms with Gasteiger partial charge in [-0.15, -0.1) is 0 Å². The number of halogens is 3. The number of fused-ring (bicyclic) bond motifs is 1. The number of anilines is 1. The van der Waals surface area contributed by atoms with E-state index in [0.29, 0.717) is 76.2 Å². The van der Waals surface area contributed by atoms with Crippen LogP contribution in [0.1, 0.15) is 41.5 Å². The molecule has 0 aromatic heterocycles. The van der Waals surface area contributed by atoms with Gasteiger partial charge in [0.25, 0.3) is 5.91 Å². The van der Waals surface area contributed by atoms with Crippen molar-refractivity contribution in [2.75, 3.05) is 64.3 Å². The van der Waals surface area contributed by atoms with Crippen molar-refractivity contribution in [1.29, 1.82) is 0 Å². The third kappa shape index (κ3) is 8.41. The minimum Gasteiger partial charge on any atom is -0.507 e. The number of amides is 4. The number of benzene rings is 2. The number of Topliss-reactive ketones (excluding diaryl/α,β-unsaturated/α-hetero) is 1. The number of phenols is 1. The van der Waals surface area contributed by atoms with E-state index >= 15 is 0 Å². The predicted molar refractivity (Wildman–Crippen MR) is 181 cm³/mol. The quantitative estimate of drug-likeness (QED) is 0.422. The Bertz CT molecular complexity index is 1620. The van der Waals surface area contributed by atoms with Crippen LogP contribution in [0.25, 0.3) is 0 Å². The Kier molecular flexibility index (Phi) is 10.8. The maximum Gasteiger partial charge on any atom is 0.451 e. The second-order valence-electron chi connectivity index (χ2n) is 14.1. The van der Waals surface area contributed by atoms with E-state index < -0.39 is 30.7 Å². The van der Waals surface area contributed by atoms with E-state index in [1.54, 1.807) is 35.8 Å². The molecular formula is C36H45F3N6O6. The Morgan fingerprint density at radius 3 is 2.31 bits per heavy atom. The van der Waals surface area contributed by atoms with E-state index in [2.05, 4.69) is 5.32 Å². The maximum atomic E-state index is 14.0. The van der Waals surface area contributed by atoms with Crippen molar-refractivity contribution in [2.24, 2.45) is 0 Å². The number of likely N-dealkylation sites (tertiary alicyclic amines) is 2. The highest BCUT2D eigenvalue weighted by atomic mass is 19.4. The van der Waals surface area contributed by atoms with Crippen molar-refractivity contribution in [3.8, 4) is 5.75 Å². The molecule has 2 atom stereocenters. The second kappa shape index (κ2) is 15.1. The van der Waals surface area contributed by atoms with Gasteiger partial charge in [0, 0.05) is 70.0 Å². The van der Waals surface area contributed by atoms with E-state index in [1.165, 1.54) is 4.90 Å². The fraction of sp³-hybridized carbons (Fsp3) is 0.556. The summed E-state index contributed by atoms with van der Waals surface area (Å²) >= 11 is 0. The molecule has 0 spiro atoms. The first-order valence-corrected chi connectivity index (χ1v) is 17.5. The molecule has 3 saturated heterocycles. The molecule has 2 N–H and O–H groups in total. The van der Waals surface area contributed by atoms with Crippen LogP contribution < -0.4 is 5.32 Å². The average Bonchev–Trinajstić information content (AvgIpc) is 3.74. The summed E-state index contributed by atoms with van der Waals surface area (Å²) in [6, 6.07) is 10.9. The standard InChI is InChI=1S/C36H45F3N6O6/c1-23-17-25(18-24(2)32(23)47)19-30(33(48)43-13-10-28(20-43)44-16-15-41(22-44)21-31(46)36(37,38)39)51-35(50)42-11-8-27(9-12-42)45-14-7-26-5-3-4-6-29(26)40-34(45)49/h3-6,17-18,27-28,30,47H,7-16,19-22H2,1-2H3,(H,40,49)/t28?,30-/m1/s1. The summed E-state index contributed by atoms with van der Waals surface area (Å²) in [6.07, 6.45) is -4.12. The fourth-order valence-electron chi connectivity index (χ4n) is 7.68. The number of piperidine rings is 1. The number of rotatable bonds is 8. The van der Waals surface area contributed by atoms with Gasteiger partial charge in [-0.05, 0) is 67.9 Å². The number of hydrogen-bond acceptors (Lipinski definition) is 8. The molecule has 51 heavy (non-hydrogen) atoms. The summed E-state index contributed by atoms with van der Waals surface area (Å²) in [7, 11) is 0. The third-order valence-corrected chi connectivity index (χ3v) is 10.6. The normalized spacial score (nSPS) is 21.3. The first-order valence-electron chi connectivity index (χ1n) is 17.5. The number of para-hydroxylation sites is 1. The van der Waals surface area contributed by atoms with Gasteiger partial charge >= 0.3 is 18.3 Å². The summed E-state index contributed by atoms with van der Waals surface area (Å²) in [5.41, 5.74) is 3.88. The zero-order chi connectivity index (χ0) is 36.4. The molecule has 4 aliphatic heterocycles. The number of ether oxygens (including phenoxy) is 1. The average molecular weight is 715 g/mol. The minimum atomic E-state index is -4.88. The number of carbonyl (C=O) groups excluding carboxylic acids is 4. The Morgan fingerprint density at radius 2 is 1.61 bits per heavy atom. The summed E-state index contributed by atoms with van der Waals surface area (Å²) in [5.74, 6) is -1.99. The van der Waals surface area contributed by atoms with Crippen LogP contribution in [0.3, 0.4) is 0 Å². The number of aryl methyl sites for hydroxylation is 2. The first-order chi connectivity index (χ1) is 24.3. The van der Waals surface area contributed by atoms with E-state index in [9.17, 15) is 37.5 Å². The highest BCUT2D eigenvalue weighted by Crippen LogP contribution is 2.28. The molecule has 0 bridgehead atoms. The lowest BCUT2D eigenvalue weighted by Gasteiger charge is -2.38. The largest absolute Gasteiger partial charge is 0.507 e. The number of urea groups is 1. The van der Waals surface area contributed by atoms with Crippen molar-refractivity contribution >= 4 is 29.5 Å². The number of phenolic OH excluding ortho intramolecular Hbond substituents is 1. The number of aromatic hydroxyl groups is 1. The third-order valence-electron chi connectivity index (χ3n) is 10.6. The molecular weight excluding hydrogens is 669 g/mol. The van der Waals surface area contributed by atoms with Gasteiger partial charge in [0.1, 0.15) is 5.75 Å². The highest BCUT2D eigenvalue weighted by molar-refractivity contribution is 5.91. The van der Waals surface area contributed by atoms with Crippen molar-refractivity contribution in [2.45, 2.75) is 70.3 Å². The molecule has 4 aliphatic rings. The summed E-state index contributed by atoms with van der Waals surface area (Å²) < 4.78 is 44.4. The maximum absolute atomic E-state index is 14.0. The molecule has 3 fully saturated rings. The van der Waals surface area contributed by atoms with Crippen molar-refractivity contribution in [3.05, 3.63) is 58.7 Å². The Morgan fingerprint density at radius 1 is 0.941 bits per heavy atom. The zero-order valence-corrected chi connectivity index (χ0v) is 29.0. The topological polar surface area (TPSA) is 126 Å². The molecule has 2 aromatic rings. The highest BCUT2D eigenvalue weighted by Gasteiger charge is 2.42. The molecule has 2 aromatic carbocycles. The van der Waals surface area contributed by atoms with Gasteiger partial charge in [0.2, 0.25) is 5.78 Å². The van der Waals surface area contributed by atoms with Gasteiger partial charge in [0.15, 0.2) is 6.10 Å². The number of alkyl halides is 3. The molecule has 4 heterocycles. The van der Waals surface area contributed by atoms with E-state index in [4.69, 9.17) is 4.74 Å². The van der Waals surface area contributed by atoms with E-state index in [-0.39, 0.29) is 42.9 Å². The molecule has 15 heteroatoms. The lowest BCUT2D eigenvalue weighted by molar-refractivity contribution is -0.172. The Hall–Kier alpha value is -4.37. The van der Waals surface area contributed by atoms with Gasteiger partial charge in [-0.25, -0.2) is 9.59 Å². The van der Waals surface area contributed by atoms with Gasteiger partial charge in [-0.3, -0.25) is 19.4 Å². The number of carbonyl (C=O) groups is 4. The van der Waals surface area contributed by atoms with Crippen LogP contribution in [0.15, 0.2) is 36.4 Å². The molecule has 0 saturated carbocycles. The van der Waals surface area contributed by atoms with Crippen LogP contribution in [-0.2, 0) is 27.2 Å². The predicted octanol–water partition coefficient (Wildman–Crippen LogP) is 3.92. The van der Waals surface area contributed by atoms with Crippen molar-refractivity contribution < 1.29 is 42.2 Å². The van der Waals surface area contributed by atoms with Crippen LogP contribution in [0, 0.1) is 13.8 Å². The summed E-state index contributed by atoms with van der Waals surface area (Å²) in [4.78, 5) is 60.7. The number of ketones is 1. The Balaban J connectivity index is 1.08. The molecule has 0 aliphatic carbocycles. The van der Waals surface area contributed by atoms with Crippen molar-refractivity contribution in [1.82, 2.24) is 24.5 Å². The number of nitrogens with zero attached hydrogens (tertiary/aromatic N) is 5. The minimum absolute atomic E-state index is 0.0571. The molecule has 276 valence electrons. The van der Waals surface area contributed by atoms with Gasteiger partial charge in [0.05, 0.1) is 13.2 Å². The lowest BCUT2D eigenvalue weighted by Crippen LogP contribution is -2.51.